The lowest BCUT2D eigenvalue weighted by Gasteiger charge is -2.22. The summed E-state index contributed by atoms with van der Waals surface area (Å²) in [6, 6.07) is 15.9. The largest absolute Gasteiger partial charge is 0.337 e. The molecule has 0 aliphatic heterocycles. The van der Waals surface area contributed by atoms with Crippen LogP contribution in [0, 0.1) is 0 Å². The predicted octanol–water partition coefficient (Wildman–Crippen LogP) is 2.16. The van der Waals surface area contributed by atoms with Crippen molar-refractivity contribution in [3.63, 3.8) is 0 Å². The third-order valence-electron chi connectivity index (χ3n) is 3.73. The molecule has 0 atom stereocenters. The first kappa shape index (κ1) is 21.2. The van der Waals surface area contributed by atoms with Crippen LogP contribution in [0.1, 0.15) is 15.9 Å². The number of halogens is 1. The Morgan fingerprint density at radius 3 is 2.12 bits per heavy atom. The van der Waals surface area contributed by atoms with Gasteiger partial charge in [-0.05, 0) is 36.2 Å². The van der Waals surface area contributed by atoms with Crippen LogP contribution in [0.2, 0.25) is 0 Å². The van der Waals surface area contributed by atoms with Gasteiger partial charge in [-0.1, -0.05) is 30.3 Å². The first-order valence-electron chi connectivity index (χ1n) is 7.75. The molecular weight excluding hydrogens is 360 g/mol. The van der Waals surface area contributed by atoms with Crippen LogP contribution < -0.4 is 5.73 Å². The maximum Gasteiger partial charge on any atom is 0.253 e. The van der Waals surface area contributed by atoms with Crippen LogP contribution in [-0.2, 0) is 16.3 Å². The monoisotopic (exact) mass is 382 g/mol. The van der Waals surface area contributed by atoms with E-state index in [2.05, 4.69) is 0 Å². The molecule has 0 aromatic heterocycles. The van der Waals surface area contributed by atoms with E-state index in [1.165, 1.54) is 12.1 Å². The first-order valence-corrected chi connectivity index (χ1v) is 9.64. The van der Waals surface area contributed by atoms with E-state index in [1.54, 1.807) is 17.0 Å². The number of hydrogen-bond acceptors (Lipinski definition) is 4. The summed E-state index contributed by atoms with van der Waals surface area (Å²) in [5, 5.41) is 0. The fourth-order valence-electron chi connectivity index (χ4n) is 2.41. The van der Waals surface area contributed by atoms with Crippen molar-refractivity contribution in [3.8, 4) is 0 Å². The second-order valence-corrected chi connectivity index (χ2v) is 7.63. The zero-order valence-electron chi connectivity index (χ0n) is 14.1. The minimum Gasteiger partial charge on any atom is -0.337 e. The van der Waals surface area contributed by atoms with Gasteiger partial charge in [-0.3, -0.25) is 4.79 Å². The number of nitrogens with two attached hydrogens (primary N) is 1. The number of benzene rings is 2. The Bertz CT molecular complexity index is 778. The van der Waals surface area contributed by atoms with Crippen LogP contribution in [-0.4, -0.2) is 45.1 Å². The molecule has 1 amide bonds. The third kappa shape index (κ3) is 6.16. The molecule has 0 spiro atoms. The number of carbonyl (C=O) groups excluding carboxylic acids is 1. The van der Waals surface area contributed by atoms with Crippen LogP contribution >= 0.6 is 12.4 Å². The van der Waals surface area contributed by atoms with Gasteiger partial charge in [0.05, 0.1) is 4.90 Å². The highest BCUT2D eigenvalue weighted by Crippen LogP contribution is 2.13. The van der Waals surface area contributed by atoms with Gasteiger partial charge in [0.25, 0.3) is 5.91 Å². The summed E-state index contributed by atoms with van der Waals surface area (Å²) < 4.78 is 23.0. The maximum absolute atomic E-state index is 12.6. The lowest BCUT2D eigenvalue weighted by atomic mass is 10.1. The zero-order chi connectivity index (χ0) is 17.6. The SMILES string of the molecule is CS(=O)(=O)c1ccc(C(=O)N(CCN)CCc2ccccc2)cc1.Cl. The Morgan fingerprint density at radius 1 is 1.00 bits per heavy atom. The van der Waals surface area contributed by atoms with Crippen molar-refractivity contribution >= 4 is 28.2 Å². The van der Waals surface area contributed by atoms with Crippen LogP contribution in [0.15, 0.2) is 59.5 Å². The third-order valence-corrected chi connectivity index (χ3v) is 4.86. The molecule has 0 saturated carbocycles. The summed E-state index contributed by atoms with van der Waals surface area (Å²) in [7, 11) is -3.27. The van der Waals surface area contributed by atoms with E-state index in [-0.39, 0.29) is 23.2 Å². The van der Waals surface area contributed by atoms with Crippen LogP contribution in [0.5, 0.6) is 0 Å². The molecule has 0 heterocycles. The fraction of sp³-hybridized carbons (Fsp3) is 0.278. The number of carbonyl (C=O) groups is 1. The normalized spacial score (nSPS) is 10.8. The molecule has 25 heavy (non-hydrogen) atoms. The summed E-state index contributed by atoms with van der Waals surface area (Å²) >= 11 is 0. The molecule has 2 N–H and O–H groups in total. The van der Waals surface area contributed by atoms with Gasteiger partial charge < -0.3 is 10.6 Å². The van der Waals surface area contributed by atoms with Gasteiger partial charge in [-0.15, -0.1) is 12.4 Å². The van der Waals surface area contributed by atoms with E-state index in [1.807, 2.05) is 30.3 Å². The minimum absolute atomic E-state index is 0. The minimum atomic E-state index is -3.27. The van der Waals surface area contributed by atoms with E-state index >= 15 is 0 Å². The molecule has 0 radical (unpaired) electrons. The summed E-state index contributed by atoms with van der Waals surface area (Å²) in [6.07, 6.45) is 1.89. The summed E-state index contributed by atoms with van der Waals surface area (Å²) in [5.74, 6) is -0.142. The molecule has 5 nitrogen and oxygen atoms in total. The fourth-order valence-corrected chi connectivity index (χ4v) is 3.04. The number of hydrogen-bond donors (Lipinski definition) is 1. The molecule has 0 aliphatic carbocycles. The van der Waals surface area contributed by atoms with Gasteiger partial charge in [0.15, 0.2) is 9.84 Å². The van der Waals surface area contributed by atoms with Gasteiger partial charge in [-0.25, -0.2) is 8.42 Å². The number of sulfone groups is 1. The van der Waals surface area contributed by atoms with E-state index in [0.717, 1.165) is 18.2 Å². The quantitative estimate of drug-likeness (QED) is 0.795. The number of rotatable bonds is 7. The highest BCUT2D eigenvalue weighted by molar-refractivity contribution is 7.90. The lowest BCUT2D eigenvalue weighted by molar-refractivity contribution is 0.0762. The molecule has 2 aromatic carbocycles. The highest BCUT2D eigenvalue weighted by Gasteiger charge is 2.16. The summed E-state index contributed by atoms with van der Waals surface area (Å²) in [6.45, 7) is 1.40. The Labute approximate surface area is 155 Å². The molecular formula is C18H23ClN2O3S. The molecule has 0 fully saturated rings. The average Bonchev–Trinajstić information content (AvgIpc) is 2.58. The molecule has 2 rings (SSSR count). The molecule has 0 saturated heterocycles. The second-order valence-electron chi connectivity index (χ2n) is 5.61. The van der Waals surface area contributed by atoms with Crippen molar-refractivity contribution < 1.29 is 13.2 Å². The molecule has 7 heteroatoms. The topological polar surface area (TPSA) is 80.5 Å². The molecule has 0 bridgehead atoms. The number of nitrogens with zero attached hydrogens (tertiary/aromatic N) is 1. The van der Waals surface area contributed by atoms with Crippen molar-refractivity contribution in [2.24, 2.45) is 5.73 Å². The standard InChI is InChI=1S/C18H22N2O3S.ClH/c1-24(22,23)17-9-7-16(8-10-17)18(21)20(14-12-19)13-11-15-5-3-2-4-6-15;/h2-10H,11-14,19H2,1H3;1H. The van der Waals surface area contributed by atoms with Gasteiger partial charge >= 0.3 is 0 Å². The Kier molecular flexibility index (Phi) is 8.09. The maximum atomic E-state index is 12.6. The first-order chi connectivity index (χ1) is 11.4. The lowest BCUT2D eigenvalue weighted by Crippen LogP contribution is -2.36. The Balaban J connectivity index is 0.00000312. The van der Waals surface area contributed by atoms with Gasteiger partial charge in [0, 0.05) is 31.5 Å². The van der Waals surface area contributed by atoms with Gasteiger partial charge in [-0.2, -0.15) is 0 Å². The molecule has 2 aromatic rings. The van der Waals surface area contributed by atoms with Gasteiger partial charge in [0.2, 0.25) is 0 Å². The van der Waals surface area contributed by atoms with Crippen molar-refractivity contribution in [1.82, 2.24) is 4.90 Å². The van der Waals surface area contributed by atoms with Crippen molar-refractivity contribution in [3.05, 3.63) is 65.7 Å². The zero-order valence-corrected chi connectivity index (χ0v) is 15.7. The smallest absolute Gasteiger partial charge is 0.253 e. The van der Waals surface area contributed by atoms with Crippen molar-refractivity contribution in [2.75, 3.05) is 25.9 Å². The molecule has 136 valence electrons. The van der Waals surface area contributed by atoms with Crippen LogP contribution in [0.3, 0.4) is 0 Å². The van der Waals surface area contributed by atoms with E-state index in [4.69, 9.17) is 5.73 Å². The Hall–Kier alpha value is -1.89. The van der Waals surface area contributed by atoms with Crippen molar-refractivity contribution in [2.45, 2.75) is 11.3 Å². The summed E-state index contributed by atoms with van der Waals surface area (Å²) in [5.41, 5.74) is 7.24. The van der Waals surface area contributed by atoms with Crippen molar-refractivity contribution in [1.29, 1.82) is 0 Å². The second kappa shape index (κ2) is 9.56. The van der Waals surface area contributed by atoms with E-state index < -0.39 is 9.84 Å². The predicted molar refractivity (Wildman–Crippen MR) is 102 cm³/mol. The average molecular weight is 383 g/mol. The number of amides is 1. The van der Waals surface area contributed by atoms with Crippen LogP contribution in [0.25, 0.3) is 0 Å². The van der Waals surface area contributed by atoms with E-state index in [9.17, 15) is 13.2 Å². The molecule has 0 aliphatic rings. The van der Waals surface area contributed by atoms with E-state index in [0.29, 0.717) is 25.2 Å². The Morgan fingerprint density at radius 2 is 1.60 bits per heavy atom. The van der Waals surface area contributed by atoms with Crippen LogP contribution in [0.4, 0.5) is 0 Å². The van der Waals surface area contributed by atoms with Gasteiger partial charge in [0.1, 0.15) is 0 Å². The summed E-state index contributed by atoms with van der Waals surface area (Å²) in [4.78, 5) is 14.5. The highest BCUT2D eigenvalue weighted by atomic mass is 35.5. The molecule has 0 unspecified atom stereocenters.